The van der Waals surface area contributed by atoms with Crippen molar-refractivity contribution in [2.45, 2.75) is 39.3 Å². The summed E-state index contributed by atoms with van der Waals surface area (Å²) in [5.41, 5.74) is 12.4. The van der Waals surface area contributed by atoms with E-state index in [-0.39, 0.29) is 26.2 Å². The van der Waals surface area contributed by atoms with Crippen molar-refractivity contribution in [2.75, 3.05) is 0 Å². The molecule has 0 radical (unpaired) electrons. The van der Waals surface area contributed by atoms with Crippen LogP contribution >= 0.6 is 0 Å². The standard InChI is InChI=1S/C10H18Si2.Zr/c1-11(2,3)9-7-8-10-12(4,5)6;/h1-6H3;/q-2;+2. The van der Waals surface area contributed by atoms with Crippen LogP contribution in [0.15, 0.2) is 11.5 Å². The zero-order valence-electron chi connectivity index (χ0n) is 9.50. The molecule has 0 aliphatic rings. The van der Waals surface area contributed by atoms with Crippen molar-refractivity contribution >= 4 is 16.1 Å². The summed E-state index contributed by atoms with van der Waals surface area (Å²) in [6.45, 7) is 13.4. The van der Waals surface area contributed by atoms with Crippen LogP contribution < -0.4 is 0 Å². The van der Waals surface area contributed by atoms with E-state index in [0.29, 0.717) is 0 Å². The molecule has 0 unspecified atom stereocenters. The summed E-state index contributed by atoms with van der Waals surface area (Å²) in [6.07, 6.45) is 0. The van der Waals surface area contributed by atoms with Gasteiger partial charge in [0.1, 0.15) is 0 Å². The summed E-state index contributed by atoms with van der Waals surface area (Å²) < 4.78 is 0. The first-order valence-corrected chi connectivity index (χ1v) is 11.2. The van der Waals surface area contributed by atoms with E-state index in [1.54, 1.807) is 0 Å². The van der Waals surface area contributed by atoms with Crippen LogP contribution in [-0.4, -0.2) is 16.1 Å². The van der Waals surface area contributed by atoms with E-state index in [1.807, 2.05) is 0 Å². The normalized spacial score (nSPS) is 10.6. The molecule has 0 aromatic heterocycles. The molecule has 0 saturated carbocycles. The predicted molar refractivity (Wildman–Crippen MR) is 60.2 cm³/mol. The molecule has 0 bridgehead atoms. The van der Waals surface area contributed by atoms with Crippen molar-refractivity contribution in [3.63, 3.8) is 0 Å². The Morgan fingerprint density at radius 3 is 1.08 bits per heavy atom. The van der Waals surface area contributed by atoms with Gasteiger partial charge < -0.3 is 22.9 Å². The monoisotopic (exact) mass is 284 g/mol. The molecule has 0 aromatic rings. The fourth-order valence-electron chi connectivity index (χ4n) is 0.438. The Balaban J connectivity index is 0. The Labute approximate surface area is 104 Å². The molecule has 0 rings (SSSR count). The molecule has 0 aliphatic carbocycles. The van der Waals surface area contributed by atoms with Crippen LogP contribution in [0, 0.1) is 11.4 Å². The van der Waals surface area contributed by atoms with Gasteiger partial charge in [-0.1, -0.05) is 39.3 Å². The Hall–Kier alpha value is 0.617. The topological polar surface area (TPSA) is 0 Å². The van der Waals surface area contributed by atoms with Gasteiger partial charge in [-0.15, -0.1) is 0 Å². The van der Waals surface area contributed by atoms with Gasteiger partial charge in [-0.25, -0.2) is 0 Å². The maximum atomic E-state index is 3.23. The van der Waals surface area contributed by atoms with Crippen molar-refractivity contribution in [2.24, 2.45) is 0 Å². The van der Waals surface area contributed by atoms with Crippen molar-refractivity contribution in [3.05, 3.63) is 22.9 Å². The minimum absolute atomic E-state index is 0. The third-order valence-electron chi connectivity index (χ3n) is 0.938. The molecule has 0 spiro atoms. The first-order valence-electron chi connectivity index (χ1n) is 4.25. The maximum Gasteiger partial charge on any atom is 2.00 e. The molecule has 0 fully saturated rings. The van der Waals surface area contributed by atoms with E-state index >= 15 is 0 Å². The second-order valence-electron chi connectivity index (χ2n) is 5.00. The molecule has 0 saturated heterocycles. The van der Waals surface area contributed by atoms with Crippen LogP contribution in [0.1, 0.15) is 0 Å². The van der Waals surface area contributed by atoms with Crippen LogP contribution in [0.5, 0.6) is 0 Å². The van der Waals surface area contributed by atoms with E-state index in [1.165, 1.54) is 0 Å². The van der Waals surface area contributed by atoms with Gasteiger partial charge >= 0.3 is 26.2 Å². The molecular formula is C10H18Si2Zr. The first-order chi connectivity index (χ1) is 5.21. The van der Waals surface area contributed by atoms with Crippen molar-refractivity contribution in [1.29, 1.82) is 0 Å². The molecular weight excluding hydrogens is 268 g/mol. The zero-order chi connectivity index (χ0) is 9.83. The van der Waals surface area contributed by atoms with Crippen molar-refractivity contribution < 1.29 is 26.2 Å². The summed E-state index contributed by atoms with van der Waals surface area (Å²) in [5, 5.41) is 0. The van der Waals surface area contributed by atoms with E-state index in [9.17, 15) is 0 Å². The molecule has 70 valence electrons. The zero-order valence-corrected chi connectivity index (χ0v) is 14.0. The van der Waals surface area contributed by atoms with E-state index in [0.717, 1.165) is 0 Å². The van der Waals surface area contributed by atoms with Gasteiger partial charge in [-0.2, -0.15) is 0 Å². The average Bonchev–Trinajstić information content (AvgIpc) is 1.76. The molecule has 0 N–H and O–H groups in total. The SMILES string of the molecule is C[Si](C)(C)[C-]=C=C=[C-][Si](C)(C)C.[Zr+2]. The quantitative estimate of drug-likeness (QED) is 0.415. The Morgan fingerprint density at radius 1 is 0.692 bits per heavy atom. The van der Waals surface area contributed by atoms with Gasteiger partial charge in [0, 0.05) is 0 Å². The van der Waals surface area contributed by atoms with Crippen LogP contribution in [0.4, 0.5) is 0 Å². The fraction of sp³-hybridized carbons (Fsp3) is 0.600. The molecule has 0 atom stereocenters. The van der Waals surface area contributed by atoms with Gasteiger partial charge in [0.15, 0.2) is 0 Å². The Kier molecular flexibility index (Phi) is 7.62. The number of hydrogen-bond acceptors (Lipinski definition) is 0. The second-order valence-corrected chi connectivity index (χ2v) is 14.5. The van der Waals surface area contributed by atoms with Crippen molar-refractivity contribution in [3.8, 4) is 0 Å². The van der Waals surface area contributed by atoms with Crippen molar-refractivity contribution in [1.82, 2.24) is 0 Å². The third kappa shape index (κ3) is 15.4. The smallest absolute Gasteiger partial charge is 0.536 e. The molecule has 0 aliphatic heterocycles. The summed E-state index contributed by atoms with van der Waals surface area (Å²) in [5.74, 6) is 0. The van der Waals surface area contributed by atoms with Gasteiger partial charge in [-0.05, 0) is 16.1 Å². The molecule has 0 heterocycles. The van der Waals surface area contributed by atoms with Crippen LogP contribution in [0.25, 0.3) is 0 Å². The van der Waals surface area contributed by atoms with E-state index in [2.05, 4.69) is 62.1 Å². The fourth-order valence-corrected chi connectivity index (χ4v) is 1.31. The minimum atomic E-state index is -1.20. The minimum Gasteiger partial charge on any atom is -0.536 e. The van der Waals surface area contributed by atoms with Gasteiger partial charge in [0.05, 0.1) is 0 Å². The van der Waals surface area contributed by atoms with Crippen LogP contribution in [0.2, 0.25) is 39.3 Å². The number of rotatable bonds is 2. The third-order valence-corrected chi connectivity index (χ3v) is 2.69. The van der Waals surface area contributed by atoms with E-state index < -0.39 is 16.1 Å². The van der Waals surface area contributed by atoms with E-state index in [4.69, 9.17) is 0 Å². The second kappa shape index (κ2) is 6.17. The summed E-state index contributed by atoms with van der Waals surface area (Å²) in [7, 11) is -2.40. The van der Waals surface area contributed by atoms with Gasteiger partial charge in [0.2, 0.25) is 0 Å². The largest absolute Gasteiger partial charge is 2.00 e. The predicted octanol–water partition coefficient (Wildman–Crippen LogP) is 3.21. The Morgan fingerprint density at radius 2 is 0.923 bits per heavy atom. The molecule has 13 heavy (non-hydrogen) atoms. The molecule has 0 amide bonds. The summed E-state index contributed by atoms with van der Waals surface area (Å²) in [4.78, 5) is 0. The number of hydrogen-bond donors (Lipinski definition) is 0. The molecule has 3 heteroatoms. The molecule has 0 aromatic carbocycles. The molecule has 0 nitrogen and oxygen atoms in total. The van der Waals surface area contributed by atoms with Gasteiger partial charge in [0.25, 0.3) is 0 Å². The summed E-state index contributed by atoms with van der Waals surface area (Å²) in [6, 6.07) is 0. The summed E-state index contributed by atoms with van der Waals surface area (Å²) >= 11 is 0. The average molecular weight is 286 g/mol. The van der Waals surface area contributed by atoms with Gasteiger partial charge in [-0.3, -0.25) is 0 Å². The first kappa shape index (κ1) is 16.1. The van der Waals surface area contributed by atoms with Crippen LogP contribution in [-0.2, 0) is 26.2 Å². The Bertz CT molecular complexity index is 205. The maximum absolute atomic E-state index is 3.23. The van der Waals surface area contributed by atoms with Crippen LogP contribution in [0.3, 0.4) is 0 Å².